The van der Waals surface area contributed by atoms with E-state index in [1.54, 1.807) is 6.20 Å². The highest BCUT2D eigenvalue weighted by molar-refractivity contribution is 6.14. The number of fused-ring (bicyclic) bond motifs is 4. The largest absolute Gasteiger partial charge is 0.486 e. The van der Waals surface area contributed by atoms with Crippen molar-refractivity contribution in [1.82, 2.24) is 14.9 Å². The molecule has 2 aromatic carbocycles. The Balaban J connectivity index is 1.75. The number of aryl methyl sites for hydroxylation is 2. The molecule has 4 aromatic rings. The van der Waals surface area contributed by atoms with Crippen LogP contribution in [0.2, 0.25) is 0 Å². The molecule has 0 fully saturated rings. The second-order valence-electron chi connectivity index (χ2n) is 6.55. The van der Waals surface area contributed by atoms with E-state index in [-0.39, 0.29) is 0 Å². The first-order valence-corrected chi connectivity index (χ1v) is 8.65. The van der Waals surface area contributed by atoms with E-state index in [4.69, 9.17) is 8.85 Å². The van der Waals surface area contributed by atoms with E-state index in [2.05, 4.69) is 15.3 Å². The van der Waals surface area contributed by atoms with Gasteiger partial charge in [-0.2, -0.15) is 0 Å². The van der Waals surface area contributed by atoms with Crippen molar-refractivity contribution >= 4 is 38.4 Å². The summed E-state index contributed by atoms with van der Waals surface area (Å²) in [5, 5.41) is 6.91. The lowest BCUT2D eigenvalue weighted by Gasteiger charge is -2.07. The number of hydrogen-bond acceptors (Lipinski definition) is 4. The van der Waals surface area contributed by atoms with Crippen LogP contribution in [-0.4, -0.2) is 35.1 Å². The van der Waals surface area contributed by atoms with Crippen molar-refractivity contribution < 1.29 is 8.85 Å². The molecular formula is C21H20N4O. The number of rotatable bonds is 3. The molecule has 0 bridgehead atoms. The predicted octanol–water partition coefficient (Wildman–Crippen LogP) is 3.57. The van der Waals surface area contributed by atoms with Crippen molar-refractivity contribution in [2.45, 2.75) is 6.92 Å². The number of amidine groups is 1. The Morgan fingerprint density at radius 2 is 2.19 bits per heavy atom. The molecule has 0 spiro atoms. The number of aromatic nitrogens is 2. The highest BCUT2D eigenvalue weighted by Gasteiger charge is 2.14. The van der Waals surface area contributed by atoms with E-state index in [1.165, 1.54) is 4.57 Å². The standard InChI is InChI=1S/C21H20N4O/c1-13-16-5-6-22-11-14(16)9-18-17-10-15(26-12-20-23-7-8-24-20)3-4-19(17)25(2)21(13)18/h3-6,9-11H,7-8,12H2,1-2H3,(H,23,24)/i2D3. The van der Waals surface area contributed by atoms with Gasteiger partial charge in [-0.25, -0.2) is 0 Å². The fourth-order valence-corrected chi connectivity index (χ4v) is 3.74. The SMILES string of the molecule is [2H]C([2H])([2H])n1c2ccc(OCC3=NCCN3)cc2c2cc3cnccc3c(C)c21. The summed E-state index contributed by atoms with van der Waals surface area (Å²) in [4.78, 5) is 8.57. The highest BCUT2D eigenvalue weighted by atomic mass is 16.5. The molecule has 2 aromatic heterocycles. The Labute approximate surface area is 155 Å². The van der Waals surface area contributed by atoms with Crippen LogP contribution in [0.3, 0.4) is 0 Å². The zero-order valence-electron chi connectivity index (χ0n) is 17.4. The molecule has 0 radical (unpaired) electrons. The second kappa shape index (κ2) is 5.73. The molecule has 0 atom stereocenters. The Hall–Kier alpha value is -3.08. The van der Waals surface area contributed by atoms with Gasteiger partial charge in [0.15, 0.2) is 0 Å². The van der Waals surface area contributed by atoms with Crippen LogP contribution in [0.15, 0.2) is 47.7 Å². The van der Waals surface area contributed by atoms with Crippen LogP contribution in [0.1, 0.15) is 9.68 Å². The third kappa shape index (κ3) is 2.24. The first-order chi connectivity index (χ1) is 13.9. The molecule has 0 amide bonds. The van der Waals surface area contributed by atoms with E-state index >= 15 is 0 Å². The Morgan fingerprint density at radius 3 is 3.04 bits per heavy atom. The van der Waals surface area contributed by atoms with Gasteiger partial charge in [0.25, 0.3) is 0 Å². The predicted molar refractivity (Wildman–Crippen MR) is 106 cm³/mol. The number of nitrogens with zero attached hydrogens (tertiary/aromatic N) is 3. The molecule has 3 heterocycles. The van der Waals surface area contributed by atoms with Gasteiger partial charge in [0.05, 0.1) is 12.1 Å². The normalized spacial score (nSPS) is 16.3. The third-order valence-electron chi connectivity index (χ3n) is 5.01. The van der Waals surface area contributed by atoms with Gasteiger partial charge in [-0.15, -0.1) is 0 Å². The fourth-order valence-electron chi connectivity index (χ4n) is 3.74. The lowest BCUT2D eigenvalue weighted by molar-refractivity contribution is 0.374. The molecule has 1 aliphatic heterocycles. The van der Waals surface area contributed by atoms with E-state index in [0.717, 1.165) is 51.6 Å². The zero-order valence-corrected chi connectivity index (χ0v) is 14.4. The third-order valence-corrected chi connectivity index (χ3v) is 5.01. The van der Waals surface area contributed by atoms with Gasteiger partial charge < -0.3 is 14.6 Å². The number of ether oxygens (including phenoxy) is 1. The van der Waals surface area contributed by atoms with Crippen LogP contribution in [-0.2, 0) is 6.98 Å². The highest BCUT2D eigenvalue weighted by Crippen LogP contribution is 2.36. The average Bonchev–Trinajstić information content (AvgIpc) is 3.32. The molecule has 130 valence electrons. The molecule has 5 rings (SSSR count). The molecule has 5 heteroatoms. The maximum absolute atomic E-state index is 8.13. The van der Waals surface area contributed by atoms with Gasteiger partial charge in [0.1, 0.15) is 18.2 Å². The van der Waals surface area contributed by atoms with E-state index in [1.807, 2.05) is 43.5 Å². The topological polar surface area (TPSA) is 51.4 Å². The molecular weight excluding hydrogens is 324 g/mol. The summed E-state index contributed by atoms with van der Waals surface area (Å²) in [5.74, 6) is 1.52. The molecule has 26 heavy (non-hydrogen) atoms. The minimum absolute atomic E-state index is 0.370. The molecule has 0 saturated carbocycles. The average molecular weight is 347 g/mol. The first-order valence-electron chi connectivity index (χ1n) is 10.2. The molecule has 0 unspecified atom stereocenters. The first kappa shape index (κ1) is 12.3. The van der Waals surface area contributed by atoms with E-state index in [9.17, 15) is 0 Å². The summed E-state index contributed by atoms with van der Waals surface area (Å²) in [6.45, 7) is 1.65. The zero-order chi connectivity index (χ0) is 20.2. The fraction of sp³-hybridized carbons (Fsp3) is 0.238. The minimum Gasteiger partial charge on any atom is -0.486 e. The van der Waals surface area contributed by atoms with Crippen LogP contribution in [0, 0.1) is 6.92 Å². The van der Waals surface area contributed by atoms with Crippen LogP contribution >= 0.6 is 0 Å². The summed E-state index contributed by atoms with van der Waals surface area (Å²) >= 11 is 0. The van der Waals surface area contributed by atoms with Crippen molar-refractivity contribution in [3.63, 3.8) is 0 Å². The number of benzene rings is 2. The smallest absolute Gasteiger partial charge is 0.145 e. The summed E-state index contributed by atoms with van der Waals surface area (Å²) in [5.41, 5.74) is 2.31. The number of nitrogens with one attached hydrogen (secondary N) is 1. The molecule has 1 aliphatic rings. The maximum Gasteiger partial charge on any atom is 0.145 e. The molecule has 0 saturated heterocycles. The Bertz CT molecular complexity index is 1290. The maximum atomic E-state index is 8.13. The molecule has 0 aliphatic carbocycles. The van der Waals surface area contributed by atoms with E-state index < -0.39 is 6.98 Å². The Kier molecular flexibility index (Phi) is 2.71. The van der Waals surface area contributed by atoms with Gasteiger partial charge in [-0.1, -0.05) is 0 Å². The van der Waals surface area contributed by atoms with Gasteiger partial charge in [-0.3, -0.25) is 9.98 Å². The number of pyridine rings is 1. The van der Waals surface area contributed by atoms with Crippen molar-refractivity contribution in [3.8, 4) is 5.75 Å². The van der Waals surface area contributed by atoms with Gasteiger partial charge >= 0.3 is 0 Å². The summed E-state index contributed by atoms with van der Waals surface area (Å²) in [6.07, 6.45) is 3.54. The van der Waals surface area contributed by atoms with Gasteiger partial charge in [-0.05, 0) is 48.2 Å². The minimum atomic E-state index is -2.30. The van der Waals surface area contributed by atoms with E-state index in [0.29, 0.717) is 17.9 Å². The second-order valence-corrected chi connectivity index (χ2v) is 6.55. The van der Waals surface area contributed by atoms with Crippen molar-refractivity contribution in [3.05, 3.63) is 48.3 Å². The van der Waals surface area contributed by atoms with Crippen LogP contribution < -0.4 is 10.1 Å². The summed E-state index contributed by atoms with van der Waals surface area (Å²) in [7, 11) is 0. The Morgan fingerprint density at radius 1 is 1.23 bits per heavy atom. The van der Waals surface area contributed by atoms with Crippen LogP contribution in [0.5, 0.6) is 5.75 Å². The molecule has 5 nitrogen and oxygen atoms in total. The van der Waals surface area contributed by atoms with Gasteiger partial charge in [0, 0.05) is 51.7 Å². The van der Waals surface area contributed by atoms with Crippen LogP contribution in [0.4, 0.5) is 0 Å². The van der Waals surface area contributed by atoms with Gasteiger partial charge in [0.2, 0.25) is 0 Å². The monoisotopic (exact) mass is 347 g/mol. The number of aliphatic imine (C=N–C) groups is 1. The van der Waals surface area contributed by atoms with Crippen molar-refractivity contribution in [2.24, 2.45) is 12.0 Å². The number of hydrogen-bond donors (Lipinski definition) is 1. The molecule has 1 N–H and O–H groups in total. The quantitative estimate of drug-likeness (QED) is 0.616. The van der Waals surface area contributed by atoms with Crippen molar-refractivity contribution in [2.75, 3.05) is 19.7 Å². The lowest BCUT2D eigenvalue weighted by atomic mass is 10.0. The summed E-state index contributed by atoms with van der Waals surface area (Å²) in [6, 6.07) is 9.49. The van der Waals surface area contributed by atoms with Crippen LogP contribution in [0.25, 0.3) is 32.6 Å². The summed E-state index contributed by atoms with van der Waals surface area (Å²) < 4.78 is 31.8. The van der Waals surface area contributed by atoms with Crippen molar-refractivity contribution in [1.29, 1.82) is 0 Å². The lowest BCUT2D eigenvalue weighted by Crippen LogP contribution is -2.24.